The van der Waals surface area contributed by atoms with E-state index in [2.05, 4.69) is 12.1 Å². The number of esters is 1. The van der Waals surface area contributed by atoms with Gasteiger partial charge in [-0.1, -0.05) is 36.8 Å². The van der Waals surface area contributed by atoms with Gasteiger partial charge in [0.1, 0.15) is 5.76 Å². The van der Waals surface area contributed by atoms with Crippen molar-refractivity contribution in [3.63, 3.8) is 0 Å². The van der Waals surface area contributed by atoms with Crippen molar-refractivity contribution in [1.82, 2.24) is 0 Å². The number of hydrogen-bond acceptors (Lipinski definition) is 3. The standard InChI is InChI=1S/C19H22O3/c20-17-16(18(21)22-19(17)11-5-2-6-12-19)15(14-9-10-14)13-7-3-1-4-8-13/h1,3-4,7-8,14-15,20H,2,5-6,9-12H2. The Balaban J connectivity index is 1.76. The van der Waals surface area contributed by atoms with Crippen molar-refractivity contribution < 1.29 is 14.6 Å². The second-order valence-corrected chi connectivity index (χ2v) is 6.93. The monoisotopic (exact) mass is 298 g/mol. The molecule has 22 heavy (non-hydrogen) atoms. The first kappa shape index (κ1) is 13.9. The molecule has 116 valence electrons. The molecular weight excluding hydrogens is 276 g/mol. The Bertz CT molecular complexity index is 607. The van der Waals surface area contributed by atoms with Crippen LogP contribution >= 0.6 is 0 Å². The summed E-state index contributed by atoms with van der Waals surface area (Å²) < 4.78 is 5.73. The highest BCUT2D eigenvalue weighted by molar-refractivity contribution is 5.94. The maximum atomic E-state index is 12.6. The predicted octanol–water partition coefficient (Wildman–Crippen LogP) is 4.25. The van der Waals surface area contributed by atoms with E-state index in [1.54, 1.807) is 0 Å². The summed E-state index contributed by atoms with van der Waals surface area (Å²) in [6, 6.07) is 10.1. The van der Waals surface area contributed by atoms with Crippen LogP contribution in [-0.2, 0) is 9.53 Å². The zero-order valence-corrected chi connectivity index (χ0v) is 12.8. The van der Waals surface area contributed by atoms with Crippen LogP contribution in [0.5, 0.6) is 0 Å². The average Bonchev–Trinajstić information content (AvgIpc) is 3.34. The molecule has 1 aromatic carbocycles. The van der Waals surface area contributed by atoms with Crippen LogP contribution in [0.2, 0.25) is 0 Å². The predicted molar refractivity (Wildman–Crippen MR) is 83.5 cm³/mol. The lowest BCUT2D eigenvalue weighted by atomic mass is 9.80. The number of aliphatic hydroxyl groups is 1. The Morgan fingerprint density at radius 3 is 2.41 bits per heavy atom. The van der Waals surface area contributed by atoms with Gasteiger partial charge in [-0.25, -0.2) is 4.79 Å². The summed E-state index contributed by atoms with van der Waals surface area (Å²) in [4.78, 5) is 12.6. The fourth-order valence-electron chi connectivity index (χ4n) is 4.12. The molecule has 0 radical (unpaired) electrons. The minimum atomic E-state index is -0.716. The van der Waals surface area contributed by atoms with Gasteiger partial charge in [-0.2, -0.15) is 0 Å². The Kier molecular flexibility index (Phi) is 3.24. The van der Waals surface area contributed by atoms with Gasteiger partial charge in [0.05, 0.1) is 5.57 Å². The molecule has 0 bridgehead atoms. The molecule has 3 heteroatoms. The highest BCUT2D eigenvalue weighted by Crippen LogP contribution is 2.52. The Hall–Kier alpha value is -1.77. The summed E-state index contributed by atoms with van der Waals surface area (Å²) >= 11 is 0. The van der Waals surface area contributed by atoms with Crippen LogP contribution in [0.15, 0.2) is 41.7 Å². The SMILES string of the molecule is O=C1OC2(CCCCC2)C(O)=C1C(c1ccccc1)C1CC1. The highest BCUT2D eigenvalue weighted by Gasteiger charge is 2.52. The molecular formula is C19H22O3. The van der Waals surface area contributed by atoms with Crippen molar-refractivity contribution in [1.29, 1.82) is 0 Å². The summed E-state index contributed by atoms with van der Waals surface area (Å²) in [6.45, 7) is 0. The van der Waals surface area contributed by atoms with Crippen LogP contribution < -0.4 is 0 Å². The van der Waals surface area contributed by atoms with Crippen LogP contribution in [0.4, 0.5) is 0 Å². The molecule has 0 aromatic heterocycles. The van der Waals surface area contributed by atoms with E-state index >= 15 is 0 Å². The minimum Gasteiger partial charge on any atom is -0.507 e. The van der Waals surface area contributed by atoms with Crippen LogP contribution in [0.3, 0.4) is 0 Å². The molecule has 0 saturated heterocycles. The largest absolute Gasteiger partial charge is 0.507 e. The van der Waals surface area contributed by atoms with E-state index < -0.39 is 5.60 Å². The van der Waals surface area contributed by atoms with Crippen molar-refractivity contribution in [2.24, 2.45) is 5.92 Å². The highest BCUT2D eigenvalue weighted by atomic mass is 16.6. The fourth-order valence-corrected chi connectivity index (χ4v) is 4.12. The van der Waals surface area contributed by atoms with Gasteiger partial charge in [0.25, 0.3) is 0 Å². The van der Waals surface area contributed by atoms with Crippen LogP contribution in [0, 0.1) is 5.92 Å². The van der Waals surface area contributed by atoms with Gasteiger partial charge in [0.15, 0.2) is 5.60 Å². The number of carbonyl (C=O) groups excluding carboxylic acids is 1. The first-order valence-electron chi connectivity index (χ1n) is 8.43. The number of aliphatic hydroxyl groups excluding tert-OH is 1. The molecule has 2 aliphatic carbocycles. The Morgan fingerprint density at radius 2 is 1.77 bits per heavy atom. The smallest absolute Gasteiger partial charge is 0.339 e. The Morgan fingerprint density at radius 1 is 1.09 bits per heavy atom. The van der Waals surface area contributed by atoms with Gasteiger partial charge in [0.2, 0.25) is 0 Å². The molecule has 1 heterocycles. The molecule has 4 rings (SSSR count). The quantitative estimate of drug-likeness (QED) is 0.848. The molecule has 3 aliphatic rings. The zero-order chi connectivity index (χ0) is 15.2. The summed E-state index contributed by atoms with van der Waals surface area (Å²) in [5, 5.41) is 10.9. The Labute approximate surface area is 131 Å². The van der Waals surface area contributed by atoms with E-state index in [-0.39, 0.29) is 17.6 Å². The fraction of sp³-hybridized carbons (Fsp3) is 0.526. The second kappa shape index (κ2) is 5.15. The van der Waals surface area contributed by atoms with Gasteiger partial charge in [-0.15, -0.1) is 0 Å². The van der Waals surface area contributed by atoms with Crippen LogP contribution in [0.25, 0.3) is 0 Å². The molecule has 1 atom stereocenters. The molecule has 1 aromatic rings. The van der Waals surface area contributed by atoms with Crippen LogP contribution in [-0.4, -0.2) is 16.7 Å². The maximum Gasteiger partial charge on any atom is 0.339 e. The molecule has 3 nitrogen and oxygen atoms in total. The van der Waals surface area contributed by atoms with E-state index in [4.69, 9.17) is 4.74 Å². The van der Waals surface area contributed by atoms with Crippen molar-refractivity contribution in [2.45, 2.75) is 56.5 Å². The third-order valence-electron chi connectivity index (χ3n) is 5.42. The van der Waals surface area contributed by atoms with E-state index in [1.807, 2.05) is 18.2 Å². The van der Waals surface area contributed by atoms with Gasteiger partial charge < -0.3 is 9.84 Å². The third kappa shape index (κ3) is 2.15. The molecule has 1 unspecified atom stereocenters. The maximum absolute atomic E-state index is 12.6. The number of benzene rings is 1. The van der Waals surface area contributed by atoms with Crippen molar-refractivity contribution in [3.05, 3.63) is 47.2 Å². The number of hydrogen-bond donors (Lipinski definition) is 1. The molecule has 2 fully saturated rings. The lowest BCUT2D eigenvalue weighted by Gasteiger charge is -2.31. The van der Waals surface area contributed by atoms with Crippen LogP contribution in [0.1, 0.15) is 56.4 Å². The number of ether oxygens (including phenoxy) is 1. The first-order chi connectivity index (χ1) is 10.7. The number of rotatable bonds is 3. The second-order valence-electron chi connectivity index (χ2n) is 6.93. The lowest BCUT2D eigenvalue weighted by Crippen LogP contribution is -2.34. The van der Waals surface area contributed by atoms with Crippen molar-refractivity contribution in [3.8, 4) is 0 Å². The normalized spacial score (nSPS) is 25.4. The van der Waals surface area contributed by atoms with Gasteiger partial charge in [0, 0.05) is 5.92 Å². The molecule has 1 spiro atoms. The van der Waals surface area contributed by atoms with Crippen molar-refractivity contribution in [2.75, 3.05) is 0 Å². The summed E-state index contributed by atoms with van der Waals surface area (Å²) in [5.41, 5.74) is 0.944. The number of carbonyl (C=O) groups is 1. The summed E-state index contributed by atoms with van der Waals surface area (Å²) in [7, 11) is 0. The van der Waals surface area contributed by atoms with E-state index in [9.17, 15) is 9.90 Å². The summed E-state index contributed by atoms with van der Waals surface area (Å²) in [6.07, 6.45) is 6.97. The van der Waals surface area contributed by atoms with Gasteiger partial charge in [-0.3, -0.25) is 0 Å². The third-order valence-corrected chi connectivity index (χ3v) is 5.42. The van der Waals surface area contributed by atoms with Crippen molar-refractivity contribution >= 4 is 5.97 Å². The van der Waals surface area contributed by atoms with E-state index in [1.165, 1.54) is 0 Å². The molecule has 2 saturated carbocycles. The lowest BCUT2D eigenvalue weighted by molar-refractivity contribution is -0.151. The molecule has 0 amide bonds. The molecule has 1 aliphatic heterocycles. The van der Waals surface area contributed by atoms with E-state index in [0.29, 0.717) is 11.5 Å². The first-order valence-corrected chi connectivity index (χ1v) is 8.43. The topological polar surface area (TPSA) is 46.5 Å². The zero-order valence-electron chi connectivity index (χ0n) is 12.8. The van der Waals surface area contributed by atoms with Gasteiger partial charge in [-0.05, 0) is 50.0 Å². The average molecular weight is 298 g/mol. The van der Waals surface area contributed by atoms with Gasteiger partial charge >= 0.3 is 5.97 Å². The summed E-state index contributed by atoms with van der Waals surface area (Å²) in [5.74, 6) is 0.402. The molecule has 1 N–H and O–H groups in total. The van der Waals surface area contributed by atoms with E-state index in [0.717, 1.165) is 50.5 Å². The minimum absolute atomic E-state index is 0.00463.